The van der Waals surface area contributed by atoms with Gasteiger partial charge in [-0.15, -0.1) is 0 Å². The van der Waals surface area contributed by atoms with Crippen molar-refractivity contribution in [3.63, 3.8) is 0 Å². The van der Waals surface area contributed by atoms with Gasteiger partial charge in [0, 0.05) is 0 Å². The van der Waals surface area contributed by atoms with E-state index in [1.807, 2.05) is 30.3 Å². The van der Waals surface area contributed by atoms with Crippen LogP contribution in [0.15, 0.2) is 30.3 Å². The molecule has 1 fully saturated rings. The fourth-order valence-corrected chi connectivity index (χ4v) is 3.04. The molecule has 5 nitrogen and oxygen atoms in total. The van der Waals surface area contributed by atoms with E-state index in [-0.39, 0.29) is 6.61 Å². The second-order valence-corrected chi connectivity index (χ2v) is 6.18. The van der Waals surface area contributed by atoms with E-state index in [2.05, 4.69) is 5.32 Å². The molecule has 2 rings (SSSR count). The maximum Gasteiger partial charge on any atom is 0.408 e. The van der Waals surface area contributed by atoms with Crippen molar-refractivity contribution < 1.29 is 19.4 Å². The van der Waals surface area contributed by atoms with Crippen LogP contribution in [0.1, 0.15) is 50.5 Å². The van der Waals surface area contributed by atoms with Crippen LogP contribution in [0.5, 0.6) is 0 Å². The van der Waals surface area contributed by atoms with E-state index in [0.29, 0.717) is 12.3 Å². The van der Waals surface area contributed by atoms with Gasteiger partial charge in [0.15, 0.2) is 0 Å². The summed E-state index contributed by atoms with van der Waals surface area (Å²) in [4.78, 5) is 23.1. The lowest BCUT2D eigenvalue weighted by atomic mass is 9.85. The Morgan fingerprint density at radius 3 is 2.52 bits per heavy atom. The molecular weight excluding hydrogens is 294 g/mol. The summed E-state index contributed by atoms with van der Waals surface area (Å²) in [7, 11) is 0. The van der Waals surface area contributed by atoms with Crippen LogP contribution in [-0.2, 0) is 16.1 Å². The second kappa shape index (κ2) is 9.18. The summed E-state index contributed by atoms with van der Waals surface area (Å²) in [6, 6.07) is 8.44. The summed E-state index contributed by atoms with van der Waals surface area (Å²) < 4.78 is 5.09. The van der Waals surface area contributed by atoms with Crippen molar-refractivity contribution in [3.05, 3.63) is 35.9 Å². The maximum absolute atomic E-state index is 11.8. The molecule has 0 aromatic heterocycles. The van der Waals surface area contributed by atoms with Gasteiger partial charge in [0.2, 0.25) is 0 Å². The molecule has 0 unspecified atom stereocenters. The number of hydrogen-bond acceptors (Lipinski definition) is 3. The van der Waals surface area contributed by atoms with Gasteiger partial charge in [-0.1, -0.05) is 62.4 Å². The Balaban J connectivity index is 1.74. The molecule has 5 heteroatoms. The van der Waals surface area contributed by atoms with E-state index < -0.39 is 18.1 Å². The molecule has 23 heavy (non-hydrogen) atoms. The molecule has 1 aliphatic rings. The molecule has 1 aromatic rings. The highest BCUT2D eigenvalue weighted by atomic mass is 16.5. The van der Waals surface area contributed by atoms with Gasteiger partial charge >= 0.3 is 12.1 Å². The highest BCUT2D eigenvalue weighted by molar-refractivity contribution is 5.79. The molecule has 1 aliphatic carbocycles. The minimum Gasteiger partial charge on any atom is -0.480 e. The number of hydrogen-bond donors (Lipinski definition) is 2. The van der Waals surface area contributed by atoms with Crippen molar-refractivity contribution in [2.45, 2.75) is 57.6 Å². The maximum atomic E-state index is 11.8. The molecule has 2 N–H and O–H groups in total. The van der Waals surface area contributed by atoms with E-state index in [1.165, 1.54) is 32.1 Å². The first-order valence-electron chi connectivity index (χ1n) is 8.35. The molecule has 1 aromatic carbocycles. The van der Waals surface area contributed by atoms with Gasteiger partial charge in [-0.05, 0) is 24.3 Å². The minimum atomic E-state index is -1.00. The number of carbonyl (C=O) groups is 2. The van der Waals surface area contributed by atoms with E-state index in [9.17, 15) is 14.7 Å². The van der Waals surface area contributed by atoms with Crippen LogP contribution < -0.4 is 5.32 Å². The van der Waals surface area contributed by atoms with Gasteiger partial charge < -0.3 is 15.2 Å². The first kappa shape index (κ1) is 17.3. The van der Waals surface area contributed by atoms with Crippen LogP contribution in [-0.4, -0.2) is 23.2 Å². The van der Waals surface area contributed by atoms with Crippen molar-refractivity contribution in [2.24, 2.45) is 5.92 Å². The zero-order chi connectivity index (χ0) is 16.5. The fraction of sp³-hybridized carbons (Fsp3) is 0.556. The molecule has 0 spiro atoms. The average molecular weight is 319 g/mol. The average Bonchev–Trinajstić information content (AvgIpc) is 2.58. The first-order valence-corrected chi connectivity index (χ1v) is 8.35. The van der Waals surface area contributed by atoms with Gasteiger partial charge in [0.25, 0.3) is 0 Å². The van der Waals surface area contributed by atoms with Crippen LogP contribution in [0.25, 0.3) is 0 Å². The van der Waals surface area contributed by atoms with Crippen molar-refractivity contribution in [1.29, 1.82) is 0 Å². The molecule has 1 amide bonds. The number of carboxylic acid groups (broad SMARTS) is 1. The van der Waals surface area contributed by atoms with Crippen LogP contribution in [0.2, 0.25) is 0 Å². The van der Waals surface area contributed by atoms with Gasteiger partial charge in [-0.25, -0.2) is 9.59 Å². The van der Waals surface area contributed by atoms with E-state index >= 15 is 0 Å². The molecule has 0 radical (unpaired) electrons. The Kier molecular flexibility index (Phi) is 6.91. The summed E-state index contributed by atoms with van der Waals surface area (Å²) in [5.74, 6) is -0.412. The number of rotatable bonds is 7. The lowest BCUT2D eigenvalue weighted by molar-refractivity contribution is -0.139. The SMILES string of the molecule is O=C(N[C@@H](CCC1CCCCC1)C(=O)O)OCc1ccccc1. The molecule has 126 valence electrons. The summed E-state index contributed by atoms with van der Waals surface area (Å²) in [5, 5.41) is 11.7. The summed E-state index contributed by atoms with van der Waals surface area (Å²) >= 11 is 0. The summed E-state index contributed by atoms with van der Waals surface area (Å²) in [6.07, 6.45) is 6.71. The lowest BCUT2D eigenvalue weighted by Gasteiger charge is -2.23. The minimum absolute atomic E-state index is 0.141. The Hall–Kier alpha value is -2.04. The molecule has 0 aliphatic heterocycles. The smallest absolute Gasteiger partial charge is 0.408 e. The predicted molar refractivity (Wildman–Crippen MR) is 87.0 cm³/mol. The monoisotopic (exact) mass is 319 g/mol. The number of carboxylic acids is 1. The van der Waals surface area contributed by atoms with Crippen LogP contribution >= 0.6 is 0 Å². The summed E-state index contributed by atoms with van der Waals surface area (Å²) in [6.45, 7) is 0.141. The van der Waals surface area contributed by atoms with Gasteiger partial charge in [0.1, 0.15) is 12.6 Å². The summed E-state index contributed by atoms with van der Waals surface area (Å²) in [5.41, 5.74) is 0.872. The Morgan fingerprint density at radius 2 is 1.87 bits per heavy atom. The van der Waals surface area contributed by atoms with Crippen LogP contribution in [0, 0.1) is 5.92 Å². The number of ether oxygens (including phenoxy) is 1. The topological polar surface area (TPSA) is 75.6 Å². The van der Waals surface area contributed by atoms with Gasteiger partial charge in [0.05, 0.1) is 0 Å². The van der Waals surface area contributed by atoms with Crippen molar-refractivity contribution in [2.75, 3.05) is 0 Å². The third kappa shape index (κ3) is 6.30. The van der Waals surface area contributed by atoms with Crippen LogP contribution in [0.4, 0.5) is 4.79 Å². The van der Waals surface area contributed by atoms with Gasteiger partial charge in [-0.2, -0.15) is 0 Å². The van der Waals surface area contributed by atoms with Crippen LogP contribution in [0.3, 0.4) is 0 Å². The zero-order valence-corrected chi connectivity index (χ0v) is 13.4. The van der Waals surface area contributed by atoms with E-state index in [4.69, 9.17) is 4.74 Å². The normalized spacial score (nSPS) is 16.5. The lowest BCUT2D eigenvalue weighted by Crippen LogP contribution is -2.41. The third-order valence-electron chi connectivity index (χ3n) is 4.39. The standard InChI is InChI=1S/C18H25NO4/c20-17(21)16(12-11-14-7-3-1-4-8-14)19-18(22)23-13-15-9-5-2-6-10-15/h2,5-6,9-10,14,16H,1,3-4,7-8,11-13H2,(H,19,22)(H,20,21)/t16-/m0/s1. The number of aliphatic carboxylic acids is 1. The number of amides is 1. The molecule has 0 saturated heterocycles. The van der Waals surface area contributed by atoms with E-state index in [0.717, 1.165) is 12.0 Å². The number of nitrogens with one attached hydrogen (secondary N) is 1. The Bertz CT molecular complexity index is 497. The number of carbonyl (C=O) groups excluding carboxylic acids is 1. The zero-order valence-electron chi connectivity index (χ0n) is 13.4. The van der Waals surface area contributed by atoms with Crippen molar-refractivity contribution in [3.8, 4) is 0 Å². The Morgan fingerprint density at radius 1 is 1.17 bits per heavy atom. The first-order chi connectivity index (χ1) is 11.1. The quantitative estimate of drug-likeness (QED) is 0.803. The molecule has 1 saturated carbocycles. The fourth-order valence-electron chi connectivity index (χ4n) is 3.04. The predicted octanol–water partition coefficient (Wildman–Crippen LogP) is 3.73. The molecular formula is C18H25NO4. The largest absolute Gasteiger partial charge is 0.480 e. The molecule has 0 bridgehead atoms. The highest BCUT2D eigenvalue weighted by Crippen LogP contribution is 2.27. The number of benzene rings is 1. The third-order valence-corrected chi connectivity index (χ3v) is 4.39. The van der Waals surface area contributed by atoms with Gasteiger partial charge in [-0.3, -0.25) is 0 Å². The molecule has 0 heterocycles. The van der Waals surface area contributed by atoms with E-state index in [1.54, 1.807) is 0 Å². The molecule has 1 atom stereocenters. The van der Waals surface area contributed by atoms with Crippen molar-refractivity contribution >= 4 is 12.1 Å². The second-order valence-electron chi connectivity index (χ2n) is 6.18. The van der Waals surface area contributed by atoms with Crippen molar-refractivity contribution in [1.82, 2.24) is 5.32 Å². The Labute approximate surface area is 137 Å². The highest BCUT2D eigenvalue weighted by Gasteiger charge is 2.23. The number of alkyl carbamates (subject to hydrolysis) is 1.